The van der Waals surface area contributed by atoms with Crippen LogP contribution in [0, 0.1) is 0 Å². The van der Waals surface area contributed by atoms with Gasteiger partial charge in [0.05, 0.1) is 6.42 Å². The summed E-state index contributed by atoms with van der Waals surface area (Å²) in [4.78, 5) is 34.4. The number of carbonyl (C=O) groups excluding carboxylic acids is 2. The second-order valence-electron chi connectivity index (χ2n) is 4.21. The van der Waals surface area contributed by atoms with E-state index in [1.165, 1.54) is 4.90 Å². The smallest absolute Gasteiger partial charge is 0.305 e. The normalized spacial score (nSPS) is 11.7. The molecule has 2 amide bonds. The van der Waals surface area contributed by atoms with Crippen LogP contribution in [0.25, 0.3) is 0 Å². The number of nitrogens with zero attached hydrogens (tertiary/aromatic N) is 1. The molecule has 2 N–H and O–H groups in total. The third-order valence-electron chi connectivity index (χ3n) is 2.18. The van der Waals surface area contributed by atoms with Crippen molar-refractivity contribution in [3.63, 3.8) is 0 Å². The molecule has 6 nitrogen and oxygen atoms in total. The predicted molar refractivity (Wildman–Crippen MR) is 62.4 cm³/mol. The van der Waals surface area contributed by atoms with Gasteiger partial charge >= 0.3 is 5.97 Å². The first-order valence-corrected chi connectivity index (χ1v) is 5.54. The molecule has 0 fully saturated rings. The molecule has 1 atom stereocenters. The number of aliphatic carboxylic acids is 1. The Morgan fingerprint density at radius 3 is 2.29 bits per heavy atom. The summed E-state index contributed by atoms with van der Waals surface area (Å²) < 4.78 is 0. The van der Waals surface area contributed by atoms with Gasteiger partial charge in [-0.05, 0) is 13.3 Å². The minimum absolute atomic E-state index is 0.0172. The summed E-state index contributed by atoms with van der Waals surface area (Å²) in [7, 11) is 3.33. The van der Waals surface area contributed by atoms with Gasteiger partial charge in [-0.3, -0.25) is 14.4 Å². The Balaban J connectivity index is 3.73. The average Bonchev–Trinajstić information content (AvgIpc) is 2.15. The van der Waals surface area contributed by atoms with E-state index in [9.17, 15) is 14.4 Å². The summed E-state index contributed by atoms with van der Waals surface area (Å²) in [6.07, 6.45) is 0.947. The number of carbonyl (C=O) groups is 3. The molecule has 0 bridgehead atoms. The largest absolute Gasteiger partial charge is 0.481 e. The second-order valence-corrected chi connectivity index (χ2v) is 4.21. The topological polar surface area (TPSA) is 86.7 Å². The molecule has 0 rings (SSSR count). The Morgan fingerprint density at radius 2 is 1.82 bits per heavy atom. The van der Waals surface area contributed by atoms with E-state index in [4.69, 9.17) is 5.11 Å². The molecule has 0 aromatic rings. The Hall–Kier alpha value is -1.59. The first-order valence-electron chi connectivity index (χ1n) is 5.54. The Kier molecular flexibility index (Phi) is 6.93. The van der Waals surface area contributed by atoms with Gasteiger partial charge in [-0.2, -0.15) is 0 Å². The number of carboxylic acid groups (broad SMARTS) is 1. The standard InChI is InChI=1S/C11H20N2O4/c1-8(7-11(16)17)12-9(14)5-4-6-10(15)13(2)3/h8H,4-7H2,1-3H3,(H,12,14)(H,16,17). The van der Waals surface area contributed by atoms with Gasteiger partial charge in [0.15, 0.2) is 0 Å². The summed E-state index contributed by atoms with van der Waals surface area (Å²) in [6.45, 7) is 1.64. The summed E-state index contributed by atoms with van der Waals surface area (Å²) in [5.74, 6) is -1.18. The summed E-state index contributed by atoms with van der Waals surface area (Å²) >= 11 is 0. The van der Waals surface area contributed by atoms with Crippen LogP contribution < -0.4 is 5.32 Å². The lowest BCUT2D eigenvalue weighted by molar-refractivity contribution is -0.137. The van der Waals surface area contributed by atoms with Crippen LogP contribution in [-0.2, 0) is 14.4 Å². The predicted octanol–water partition coefficient (Wildman–Crippen LogP) is 0.224. The fourth-order valence-electron chi connectivity index (χ4n) is 1.28. The van der Waals surface area contributed by atoms with Crippen LogP contribution in [0.2, 0.25) is 0 Å². The number of hydrogen-bond donors (Lipinski definition) is 2. The number of hydrogen-bond acceptors (Lipinski definition) is 3. The molecular weight excluding hydrogens is 224 g/mol. The minimum Gasteiger partial charge on any atom is -0.481 e. The third-order valence-corrected chi connectivity index (χ3v) is 2.18. The first kappa shape index (κ1) is 15.4. The van der Waals surface area contributed by atoms with Crippen LogP contribution in [0.1, 0.15) is 32.6 Å². The average molecular weight is 244 g/mol. The van der Waals surface area contributed by atoms with Gasteiger partial charge in [0.2, 0.25) is 11.8 Å². The zero-order chi connectivity index (χ0) is 13.4. The number of amides is 2. The van der Waals surface area contributed by atoms with Crippen LogP contribution in [0.3, 0.4) is 0 Å². The van der Waals surface area contributed by atoms with Gasteiger partial charge in [-0.25, -0.2) is 0 Å². The molecular formula is C11H20N2O4. The highest BCUT2D eigenvalue weighted by molar-refractivity contribution is 5.79. The highest BCUT2D eigenvalue weighted by atomic mass is 16.4. The molecule has 0 saturated carbocycles. The van der Waals surface area contributed by atoms with E-state index in [-0.39, 0.29) is 30.7 Å². The van der Waals surface area contributed by atoms with Gasteiger partial charge < -0.3 is 15.3 Å². The molecule has 0 aliphatic rings. The molecule has 1 unspecified atom stereocenters. The molecule has 0 saturated heterocycles. The zero-order valence-electron chi connectivity index (χ0n) is 10.5. The van der Waals surface area contributed by atoms with E-state index in [2.05, 4.69) is 5.32 Å². The highest BCUT2D eigenvalue weighted by Gasteiger charge is 2.11. The van der Waals surface area contributed by atoms with Gasteiger partial charge in [0, 0.05) is 33.0 Å². The lowest BCUT2D eigenvalue weighted by Gasteiger charge is -2.12. The molecule has 0 heterocycles. The van der Waals surface area contributed by atoms with Gasteiger partial charge in [0.1, 0.15) is 0 Å². The maximum Gasteiger partial charge on any atom is 0.305 e. The van der Waals surface area contributed by atoms with Crippen LogP contribution in [0.4, 0.5) is 0 Å². The van der Waals surface area contributed by atoms with Gasteiger partial charge in [-0.15, -0.1) is 0 Å². The maximum absolute atomic E-state index is 11.4. The van der Waals surface area contributed by atoms with Crippen molar-refractivity contribution in [2.24, 2.45) is 0 Å². The molecule has 0 radical (unpaired) electrons. The molecule has 98 valence electrons. The van der Waals surface area contributed by atoms with Gasteiger partial charge in [0.25, 0.3) is 0 Å². The molecule has 0 aromatic heterocycles. The first-order chi connectivity index (χ1) is 7.82. The van der Waals surface area contributed by atoms with Crippen molar-refractivity contribution in [1.82, 2.24) is 10.2 Å². The van der Waals surface area contributed by atoms with E-state index < -0.39 is 5.97 Å². The Bertz CT molecular complexity index is 289. The van der Waals surface area contributed by atoms with Gasteiger partial charge in [-0.1, -0.05) is 0 Å². The van der Waals surface area contributed by atoms with Crippen LogP contribution in [0.15, 0.2) is 0 Å². The fourth-order valence-corrected chi connectivity index (χ4v) is 1.28. The fraction of sp³-hybridized carbons (Fsp3) is 0.727. The number of nitrogens with one attached hydrogen (secondary N) is 1. The lowest BCUT2D eigenvalue weighted by Crippen LogP contribution is -2.34. The highest BCUT2D eigenvalue weighted by Crippen LogP contribution is 1.99. The van der Waals surface area contributed by atoms with Crippen molar-refractivity contribution >= 4 is 17.8 Å². The van der Waals surface area contributed by atoms with E-state index >= 15 is 0 Å². The molecule has 6 heteroatoms. The molecule has 0 spiro atoms. The van der Waals surface area contributed by atoms with E-state index in [0.29, 0.717) is 12.8 Å². The molecule has 17 heavy (non-hydrogen) atoms. The molecule has 0 aromatic carbocycles. The monoisotopic (exact) mass is 244 g/mol. The van der Waals surface area contributed by atoms with Crippen molar-refractivity contribution in [1.29, 1.82) is 0 Å². The number of rotatable bonds is 7. The van der Waals surface area contributed by atoms with Crippen LogP contribution in [0.5, 0.6) is 0 Å². The second kappa shape index (κ2) is 7.65. The van der Waals surface area contributed by atoms with E-state index in [1.54, 1.807) is 21.0 Å². The van der Waals surface area contributed by atoms with Crippen molar-refractivity contribution in [3.05, 3.63) is 0 Å². The SMILES string of the molecule is CC(CC(=O)O)NC(=O)CCCC(=O)N(C)C. The zero-order valence-corrected chi connectivity index (χ0v) is 10.5. The van der Waals surface area contributed by atoms with E-state index in [0.717, 1.165) is 0 Å². The summed E-state index contributed by atoms with van der Waals surface area (Å²) in [5.41, 5.74) is 0. The Labute approximate surface area is 101 Å². The van der Waals surface area contributed by atoms with Crippen LogP contribution in [-0.4, -0.2) is 47.9 Å². The molecule has 0 aliphatic carbocycles. The lowest BCUT2D eigenvalue weighted by atomic mass is 10.2. The summed E-state index contributed by atoms with van der Waals surface area (Å²) in [6, 6.07) is -0.385. The third kappa shape index (κ3) is 8.24. The van der Waals surface area contributed by atoms with Crippen molar-refractivity contribution in [2.45, 2.75) is 38.6 Å². The maximum atomic E-state index is 11.4. The van der Waals surface area contributed by atoms with Crippen molar-refractivity contribution in [3.8, 4) is 0 Å². The quantitative estimate of drug-likeness (QED) is 0.671. The van der Waals surface area contributed by atoms with E-state index in [1.807, 2.05) is 0 Å². The van der Waals surface area contributed by atoms with Crippen molar-refractivity contribution < 1.29 is 19.5 Å². The summed E-state index contributed by atoms with van der Waals surface area (Å²) in [5, 5.41) is 11.1. The van der Waals surface area contributed by atoms with Crippen molar-refractivity contribution in [2.75, 3.05) is 14.1 Å². The number of carboxylic acids is 1. The van der Waals surface area contributed by atoms with Crippen LogP contribution >= 0.6 is 0 Å². The minimum atomic E-state index is -0.944. The molecule has 0 aliphatic heterocycles. The Morgan fingerprint density at radius 1 is 1.24 bits per heavy atom.